The third-order valence-corrected chi connectivity index (χ3v) is 3.86. The number of carbonyl (C=O) groups excluding carboxylic acids is 1. The molecule has 0 N–H and O–H groups in total. The smallest absolute Gasteiger partial charge is 0.193 e. The highest BCUT2D eigenvalue weighted by Crippen LogP contribution is 2.18. The molecular formula is C19H20Cl2O3. The van der Waals surface area contributed by atoms with Gasteiger partial charge in [-0.25, -0.2) is 0 Å². The van der Waals surface area contributed by atoms with Crippen molar-refractivity contribution in [2.75, 3.05) is 25.0 Å². The van der Waals surface area contributed by atoms with Gasteiger partial charge in [0.05, 0.1) is 13.2 Å². The van der Waals surface area contributed by atoms with Crippen molar-refractivity contribution < 1.29 is 14.3 Å². The summed E-state index contributed by atoms with van der Waals surface area (Å²) in [4.78, 5) is 12.5. The largest absolute Gasteiger partial charge is 0.494 e. The van der Waals surface area contributed by atoms with Gasteiger partial charge in [0, 0.05) is 22.9 Å². The van der Waals surface area contributed by atoms with Gasteiger partial charge in [0.15, 0.2) is 5.78 Å². The lowest BCUT2D eigenvalue weighted by Gasteiger charge is -2.07. The van der Waals surface area contributed by atoms with Crippen molar-refractivity contribution in [3.05, 3.63) is 59.7 Å². The molecule has 0 aliphatic heterocycles. The summed E-state index contributed by atoms with van der Waals surface area (Å²) in [7, 11) is 0. The fourth-order valence-corrected chi connectivity index (χ4v) is 2.28. The summed E-state index contributed by atoms with van der Waals surface area (Å²) in [5.41, 5.74) is 1.24. The van der Waals surface area contributed by atoms with E-state index in [9.17, 15) is 4.79 Å². The quantitative estimate of drug-likeness (QED) is 0.339. The van der Waals surface area contributed by atoms with Gasteiger partial charge in [0.25, 0.3) is 0 Å². The van der Waals surface area contributed by atoms with Crippen LogP contribution in [0.15, 0.2) is 48.5 Å². The number of alkyl halides is 2. The van der Waals surface area contributed by atoms with E-state index in [1.165, 1.54) is 0 Å². The van der Waals surface area contributed by atoms with Gasteiger partial charge in [0.1, 0.15) is 11.5 Å². The first-order valence-electron chi connectivity index (χ1n) is 7.87. The molecular weight excluding hydrogens is 347 g/mol. The molecule has 0 heterocycles. The summed E-state index contributed by atoms with van der Waals surface area (Å²) >= 11 is 11.2. The van der Waals surface area contributed by atoms with E-state index < -0.39 is 0 Å². The van der Waals surface area contributed by atoms with Crippen molar-refractivity contribution in [3.8, 4) is 11.5 Å². The molecule has 5 heteroatoms. The molecule has 0 spiro atoms. The van der Waals surface area contributed by atoms with Crippen LogP contribution in [0, 0.1) is 0 Å². The Kier molecular flexibility index (Phi) is 7.93. The Labute approximate surface area is 152 Å². The minimum atomic E-state index is -0.0328. The van der Waals surface area contributed by atoms with Gasteiger partial charge in [-0.2, -0.15) is 0 Å². The Morgan fingerprint density at radius 1 is 0.708 bits per heavy atom. The first-order chi connectivity index (χ1) is 11.7. The summed E-state index contributed by atoms with van der Waals surface area (Å²) in [5.74, 6) is 2.58. The monoisotopic (exact) mass is 366 g/mol. The lowest BCUT2D eigenvalue weighted by Crippen LogP contribution is -2.03. The lowest BCUT2D eigenvalue weighted by atomic mass is 10.0. The van der Waals surface area contributed by atoms with Crippen molar-refractivity contribution >= 4 is 29.0 Å². The minimum Gasteiger partial charge on any atom is -0.494 e. The molecule has 0 aliphatic rings. The molecule has 0 aliphatic carbocycles. The molecule has 128 valence electrons. The number of halogens is 2. The third-order valence-electron chi connectivity index (χ3n) is 3.33. The zero-order chi connectivity index (χ0) is 17.2. The predicted molar refractivity (Wildman–Crippen MR) is 98.0 cm³/mol. The Morgan fingerprint density at radius 2 is 1.08 bits per heavy atom. The van der Waals surface area contributed by atoms with Crippen molar-refractivity contribution in [2.45, 2.75) is 12.8 Å². The molecule has 2 rings (SSSR count). The molecule has 0 fully saturated rings. The molecule has 2 aromatic carbocycles. The van der Waals surface area contributed by atoms with Crippen molar-refractivity contribution in [2.24, 2.45) is 0 Å². The van der Waals surface area contributed by atoms with Crippen molar-refractivity contribution in [1.82, 2.24) is 0 Å². The number of carbonyl (C=O) groups is 1. The van der Waals surface area contributed by atoms with Crippen LogP contribution >= 0.6 is 23.2 Å². The van der Waals surface area contributed by atoms with E-state index in [0.717, 1.165) is 24.3 Å². The summed E-state index contributed by atoms with van der Waals surface area (Å²) in [6.45, 7) is 1.14. The van der Waals surface area contributed by atoms with E-state index >= 15 is 0 Å². The van der Waals surface area contributed by atoms with Gasteiger partial charge in [-0.3, -0.25) is 4.79 Å². The van der Waals surface area contributed by atoms with Crippen LogP contribution in [0.2, 0.25) is 0 Å². The highest BCUT2D eigenvalue weighted by molar-refractivity contribution is 6.18. The van der Waals surface area contributed by atoms with Gasteiger partial charge >= 0.3 is 0 Å². The van der Waals surface area contributed by atoms with Crippen LogP contribution in [-0.2, 0) is 0 Å². The van der Waals surface area contributed by atoms with Crippen LogP contribution in [0.5, 0.6) is 11.5 Å². The first-order valence-corrected chi connectivity index (χ1v) is 8.94. The maximum atomic E-state index is 12.5. The second-order valence-electron chi connectivity index (χ2n) is 5.16. The van der Waals surface area contributed by atoms with Gasteiger partial charge in [0.2, 0.25) is 0 Å². The maximum absolute atomic E-state index is 12.5. The highest BCUT2D eigenvalue weighted by atomic mass is 35.5. The van der Waals surface area contributed by atoms with E-state index in [1.54, 1.807) is 48.5 Å². The Balaban J connectivity index is 1.95. The normalized spacial score (nSPS) is 10.4. The average molecular weight is 367 g/mol. The second-order valence-corrected chi connectivity index (χ2v) is 5.92. The van der Waals surface area contributed by atoms with Crippen LogP contribution in [0.1, 0.15) is 28.8 Å². The average Bonchev–Trinajstić information content (AvgIpc) is 2.63. The van der Waals surface area contributed by atoms with Crippen molar-refractivity contribution in [1.29, 1.82) is 0 Å². The van der Waals surface area contributed by atoms with E-state index in [1.807, 2.05) is 0 Å². The summed E-state index contributed by atoms with van der Waals surface area (Å²) in [6, 6.07) is 14.3. The Hall–Kier alpha value is -1.71. The molecule has 0 atom stereocenters. The highest BCUT2D eigenvalue weighted by Gasteiger charge is 2.09. The van der Waals surface area contributed by atoms with Crippen LogP contribution in [-0.4, -0.2) is 30.8 Å². The molecule has 0 unspecified atom stereocenters. The Bertz CT molecular complexity index is 569. The second kappa shape index (κ2) is 10.2. The minimum absolute atomic E-state index is 0.0328. The predicted octanol–water partition coefficient (Wildman–Crippen LogP) is 4.93. The lowest BCUT2D eigenvalue weighted by molar-refractivity contribution is 0.103. The zero-order valence-electron chi connectivity index (χ0n) is 13.3. The van der Waals surface area contributed by atoms with Crippen LogP contribution in [0.4, 0.5) is 0 Å². The molecule has 2 aromatic rings. The number of hydrogen-bond donors (Lipinski definition) is 0. The van der Waals surface area contributed by atoms with E-state index in [2.05, 4.69) is 0 Å². The maximum Gasteiger partial charge on any atom is 0.193 e. The standard InChI is InChI=1S/C19H20Cl2O3/c20-11-1-13-23-17-7-3-15(4-8-17)19(22)16-5-9-18(10-6-16)24-14-2-12-21/h3-10H,1-2,11-14H2. The van der Waals surface area contributed by atoms with E-state index in [0.29, 0.717) is 36.1 Å². The Morgan fingerprint density at radius 3 is 1.42 bits per heavy atom. The van der Waals surface area contributed by atoms with Gasteiger partial charge in [-0.15, -0.1) is 23.2 Å². The molecule has 0 radical (unpaired) electrons. The molecule has 0 amide bonds. The number of rotatable bonds is 10. The molecule has 0 aromatic heterocycles. The summed E-state index contributed by atoms with van der Waals surface area (Å²) < 4.78 is 11.1. The number of hydrogen-bond acceptors (Lipinski definition) is 3. The van der Waals surface area contributed by atoms with Crippen molar-refractivity contribution in [3.63, 3.8) is 0 Å². The zero-order valence-corrected chi connectivity index (χ0v) is 14.9. The number of ketones is 1. The van der Waals surface area contributed by atoms with Gasteiger partial charge in [-0.05, 0) is 61.4 Å². The third kappa shape index (κ3) is 5.73. The fourth-order valence-electron chi connectivity index (χ4n) is 2.06. The van der Waals surface area contributed by atoms with Crippen LogP contribution in [0.25, 0.3) is 0 Å². The summed E-state index contributed by atoms with van der Waals surface area (Å²) in [6.07, 6.45) is 1.59. The van der Waals surface area contributed by atoms with Gasteiger partial charge < -0.3 is 9.47 Å². The van der Waals surface area contributed by atoms with E-state index in [4.69, 9.17) is 32.7 Å². The first kappa shape index (κ1) is 18.6. The van der Waals surface area contributed by atoms with E-state index in [-0.39, 0.29) is 5.78 Å². The molecule has 24 heavy (non-hydrogen) atoms. The fraction of sp³-hybridized carbons (Fsp3) is 0.316. The molecule has 0 saturated carbocycles. The number of ether oxygens (including phenoxy) is 2. The number of benzene rings is 2. The molecule has 0 bridgehead atoms. The van der Waals surface area contributed by atoms with Gasteiger partial charge in [-0.1, -0.05) is 0 Å². The summed E-state index contributed by atoms with van der Waals surface area (Å²) in [5, 5.41) is 0. The van der Waals surface area contributed by atoms with Crippen LogP contribution in [0.3, 0.4) is 0 Å². The topological polar surface area (TPSA) is 35.5 Å². The molecule has 0 saturated heterocycles. The molecule has 3 nitrogen and oxygen atoms in total. The SMILES string of the molecule is O=C(c1ccc(OCCCCl)cc1)c1ccc(OCCCCl)cc1. The van der Waals surface area contributed by atoms with Crippen LogP contribution < -0.4 is 9.47 Å².